The summed E-state index contributed by atoms with van der Waals surface area (Å²) in [4.78, 5) is 23.3. The van der Waals surface area contributed by atoms with Crippen molar-refractivity contribution in [3.63, 3.8) is 0 Å². The Bertz CT molecular complexity index is 1120. The van der Waals surface area contributed by atoms with Gasteiger partial charge in [-0.3, -0.25) is 4.79 Å². The molecule has 0 atom stereocenters. The van der Waals surface area contributed by atoms with Crippen molar-refractivity contribution < 1.29 is 14.6 Å². The van der Waals surface area contributed by atoms with Gasteiger partial charge in [-0.2, -0.15) is 5.26 Å². The molecule has 28 heavy (non-hydrogen) atoms. The topological polar surface area (TPSA) is 147 Å². The van der Waals surface area contributed by atoms with Crippen molar-refractivity contribution in [1.29, 1.82) is 5.26 Å². The van der Waals surface area contributed by atoms with Gasteiger partial charge >= 0.3 is 5.97 Å². The van der Waals surface area contributed by atoms with Crippen LogP contribution in [0.4, 0.5) is 11.8 Å². The second kappa shape index (κ2) is 6.85. The Kier molecular flexibility index (Phi) is 4.21. The number of aliphatic carboxylic acids is 1. The highest BCUT2D eigenvalue weighted by Crippen LogP contribution is 2.42. The summed E-state index contributed by atoms with van der Waals surface area (Å²) in [6, 6.07) is 9.57. The van der Waals surface area contributed by atoms with Crippen molar-refractivity contribution in [2.24, 2.45) is 0 Å². The number of carboxylic acids is 1. The molecule has 0 spiro atoms. The molecule has 2 aromatic heterocycles. The first kappa shape index (κ1) is 17.2. The van der Waals surface area contributed by atoms with Gasteiger partial charge in [-0.1, -0.05) is 12.1 Å². The van der Waals surface area contributed by atoms with E-state index in [0.29, 0.717) is 22.6 Å². The van der Waals surface area contributed by atoms with Crippen LogP contribution in [0.1, 0.15) is 11.1 Å². The van der Waals surface area contributed by atoms with Gasteiger partial charge in [0.1, 0.15) is 36.4 Å². The van der Waals surface area contributed by atoms with Crippen molar-refractivity contribution >= 4 is 17.7 Å². The zero-order chi connectivity index (χ0) is 19.7. The highest BCUT2D eigenvalue weighted by Gasteiger charge is 2.26. The Labute approximate surface area is 159 Å². The summed E-state index contributed by atoms with van der Waals surface area (Å²) >= 11 is 0. The Morgan fingerprint density at radius 1 is 1.32 bits per heavy atom. The molecular weight excluding hydrogens is 360 g/mol. The number of fused-ring (bicyclic) bond motifs is 3. The number of hydrogen-bond donors (Lipinski definition) is 3. The zero-order valence-electron chi connectivity index (χ0n) is 14.5. The van der Waals surface area contributed by atoms with Crippen LogP contribution in [0, 0.1) is 11.3 Å². The number of carboxylic acid groups (broad SMARTS) is 1. The minimum Gasteiger partial charge on any atom is -0.488 e. The standard InChI is InChI=1S/C19H14N6O3/c20-5-12-16(10-6-22-19(23-7-10)24-8-15(26)27)13-9-28-14-4-2-1-3-11(14)17(13)25-18(12)21/h1-4,6-7H,8-9H2,(H2,21,25)(H,26,27)(H,22,23,24). The van der Waals surface area contributed by atoms with E-state index in [1.807, 2.05) is 24.3 Å². The average molecular weight is 374 g/mol. The summed E-state index contributed by atoms with van der Waals surface area (Å²) < 4.78 is 5.83. The number of nitrogens with zero attached hydrogens (tertiary/aromatic N) is 4. The molecule has 0 fully saturated rings. The number of carbonyl (C=O) groups is 1. The number of aromatic nitrogens is 3. The van der Waals surface area contributed by atoms with Gasteiger partial charge < -0.3 is 20.9 Å². The van der Waals surface area contributed by atoms with E-state index < -0.39 is 5.97 Å². The van der Waals surface area contributed by atoms with E-state index in [9.17, 15) is 10.1 Å². The molecule has 0 aliphatic carbocycles. The van der Waals surface area contributed by atoms with Crippen molar-refractivity contribution in [2.75, 3.05) is 17.6 Å². The number of ether oxygens (including phenoxy) is 1. The van der Waals surface area contributed by atoms with Gasteiger partial charge in [0.15, 0.2) is 0 Å². The number of rotatable bonds is 4. The number of para-hydroxylation sites is 1. The van der Waals surface area contributed by atoms with E-state index in [4.69, 9.17) is 15.6 Å². The molecule has 0 saturated carbocycles. The molecule has 1 aromatic carbocycles. The molecule has 4 rings (SSSR count). The van der Waals surface area contributed by atoms with Gasteiger partial charge in [0.05, 0.1) is 5.69 Å². The second-order valence-electron chi connectivity index (χ2n) is 6.01. The van der Waals surface area contributed by atoms with E-state index in [2.05, 4.69) is 26.3 Å². The molecule has 1 aliphatic rings. The van der Waals surface area contributed by atoms with Crippen LogP contribution in [0.2, 0.25) is 0 Å². The fourth-order valence-corrected chi connectivity index (χ4v) is 3.08. The van der Waals surface area contributed by atoms with Crippen LogP contribution in [0.15, 0.2) is 36.7 Å². The van der Waals surface area contributed by atoms with Crippen LogP contribution in [0.25, 0.3) is 22.4 Å². The van der Waals surface area contributed by atoms with E-state index >= 15 is 0 Å². The average Bonchev–Trinajstić information content (AvgIpc) is 2.71. The quantitative estimate of drug-likeness (QED) is 0.624. The molecule has 0 radical (unpaired) electrons. The number of nitrogens with two attached hydrogens (primary N) is 1. The number of anilines is 2. The fourth-order valence-electron chi connectivity index (χ4n) is 3.08. The molecule has 0 amide bonds. The molecule has 9 heteroatoms. The summed E-state index contributed by atoms with van der Waals surface area (Å²) in [6.45, 7) is -0.0757. The molecular formula is C19H14N6O3. The number of nitriles is 1. The SMILES string of the molecule is N#Cc1c(N)nc2c(c1-c1cnc(NCC(=O)O)nc1)COc1ccccc1-2. The summed E-state index contributed by atoms with van der Waals surface area (Å²) in [5.41, 5.74) is 9.58. The first-order valence-electron chi connectivity index (χ1n) is 8.31. The van der Waals surface area contributed by atoms with E-state index in [-0.39, 0.29) is 30.5 Å². The first-order chi connectivity index (χ1) is 13.6. The molecule has 9 nitrogen and oxygen atoms in total. The largest absolute Gasteiger partial charge is 0.488 e. The van der Waals surface area contributed by atoms with Crippen LogP contribution in [0.5, 0.6) is 5.75 Å². The monoisotopic (exact) mass is 374 g/mol. The summed E-state index contributed by atoms with van der Waals surface area (Å²) in [5.74, 6) is -0.0450. The molecule has 3 heterocycles. The lowest BCUT2D eigenvalue weighted by atomic mass is 9.92. The summed E-state index contributed by atoms with van der Waals surface area (Å²) in [6.07, 6.45) is 3.02. The van der Waals surface area contributed by atoms with Gasteiger partial charge in [0, 0.05) is 34.6 Å². The van der Waals surface area contributed by atoms with Crippen molar-refractivity contribution in [3.05, 3.63) is 47.8 Å². The van der Waals surface area contributed by atoms with Crippen LogP contribution >= 0.6 is 0 Å². The van der Waals surface area contributed by atoms with Gasteiger partial charge in [0.2, 0.25) is 5.95 Å². The highest BCUT2D eigenvalue weighted by atomic mass is 16.5. The molecule has 3 aromatic rings. The van der Waals surface area contributed by atoms with Crippen LogP contribution in [-0.2, 0) is 11.4 Å². The van der Waals surface area contributed by atoms with Crippen LogP contribution < -0.4 is 15.8 Å². The lowest BCUT2D eigenvalue weighted by Gasteiger charge is -2.23. The van der Waals surface area contributed by atoms with Crippen molar-refractivity contribution in [1.82, 2.24) is 15.0 Å². The maximum absolute atomic E-state index is 10.7. The number of hydrogen-bond acceptors (Lipinski definition) is 8. The second-order valence-corrected chi connectivity index (χ2v) is 6.01. The number of nitrogens with one attached hydrogen (secondary N) is 1. The fraction of sp³-hybridized carbons (Fsp3) is 0.105. The molecule has 4 N–H and O–H groups in total. The van der Waals surface area contributed by atoms with Crippen molar-refractivity contribution in [3.8, 4) is 34.2 Å². The van der Waals surface area contributed by atoms with Gasteiger partial charge in [-0.25, -0.2) is 15.0 Å². The Hall–Kier alpha value is -4.19. The molecule has 0 saturated heterocycles. The van der Waals surface area contributed by atoms with Crippen LogP contribution in [-0.4, -0.2) is 32.6 Å². The molecule has 0 unspecified atom stereocenters. The maximum Gasteiger partial charge on any atom is 0.322 e. The predicted octanol–water partition coefficient (Wildman–Crippen LogP) is 2.05. The number of benzene rings is 1. The number of pyridine rings is 1. The summed E-state index contributed by atoms with van der Waals surface area (Å²) in [5, 5.41) is 20.9. The Balaban J connectivity index is 1.85. The van der Waals surface area contributed by atoms with Crippen LogP contribution in [0.3, 0.4) is 0 Å². The third-order valence-corrected chi connectivity index (χ3v) is 4.29. The highest BCUT2D eigenvalue weighted by molar-refractivity contribution is 5.86. The maximum atomic E-state index is 10.7. The third kappa shape index (κ3) is 2.93. The van der Waals surface area contributed by atoms with E-state index in [1.165, 1.54) is 12.4 Å². The van der Waals surface area contributed by atoms with Gasteiger partial charge in [0.25, 0.3) is 0 Å². The first-order valence-corrected chi connectivity index (χ1v) is 8.31. The molecule has 0 bridgehead atoms. The van der Waals surface area contributed by atoms with Crippen molar-refractivity contribution in [2.45, 2.75) is 6.61 Å². The summed E-state index contributed by atoms with van der Waals surface area (Å²) in [7, 11) is 0. The molecule has 1 aliphatic heterocycles. The predicted molar refractivity (Wildman–Crippen MR) is 100 cm³/mol. The van der Waals surface area contributed by atoms with E-state index in [1.54, 1.807) is 0 Å². The Morgan fingerprint density at radius 3 is 2.79 bits per heavy atom. The Morgan fingerprint density at radius 2 is 2.07 bits per heavy atom. The van der Waals surface area contributed by atoms with E-state index in [0.717, 1.165) is 11.1 Å². The zero-order valence-corrected chi connectivity index (χ0v) is 14.5. The van der Waals surface area contributed by atoms with Gasteiger partial charge in [-0.05, 0) is 12.1 Å². The number of nitrogen functional groups attached to an aromatic ring is 1. The van der Waals surface area contributed by atoms with Gasteiger partial charge in [-0.15, -0.1) is 0 Å². The lowest BCUT2D eigenvalue weighted by molar-refractivity contribution is -0.134. The minimum atomic E-state index is -1.02. The lowest BCUT2D eigenvalue weighted by Crippen LogP contribution is -2.14. The minimum absolute atomic E-state index is 0.112. The third-order valence-electron chi connectivity index (χ3n) is 4.29. The normalized spacial score (nSPS) is 11.5. The molecule has 138 valence electrons. The smallest absolute Gasteiger partial charge is 0.322 e.